The van der Waals surface area contributed by atoms with Gasteiger partial charge in [-0.15, -0.1) is 0 Å². The summed E-state index contributed by atoms with van der Waals surface area (Å²) in [5.74, 6) is -0.243. The molecule has 0 aliphatic carbocycles. The van der Waals surface area contributed by atoms with E-state index in [4.69, 9.17) is 9.47 Å². The third-order valence-corrected chi connectivity index (χ3v) is 3.03. The van der Waals surface area contributed by atoms with Gasteiger partial charge in [-0.25, -0.2) is 0 Å². The highest BCUT2D eigenvalue weighted by Gasteiger charge is 2.05. The average Bonchev–Trinajstić information content (AvgIpc) is 2.43. The molecule has 0 spiro atoms. The quantitative estimate of drug-likeness (QED) is 0.379. The van der Waals surface area contributed by atoms with E-state index in [2.05, 4.69) is 13.8 Å². The lowest BCUT2D eigenvalue weighted by molar-refractivity contribution is -0.144. The van der Waals surface area contributed by atoms with E-state index in [-0.39, 0.29) is 11.9 Å². The summed E-state index contributed by atoms with van der Waals surface area (Å²) in [5.41, 5.74) is 0. The summed E-state index contributed by atoms with van der Waals surface area (Å²) in [5, 5.41) is 0. The molecule has 0 aliphatic rings. The van der Waals surface area contributed by atoms with Gasteiger partial charge in [-0.1, -0.05) is 39.5 Å². The minimum atomic E-state index is -0.124. The summed E-state index contributed by atoms with van der Waals surface area (Å²) in [6.07, 6.45) is 8.50. The van der Waals surface area contributed by atoms with Crippen molar-refractivity contribution in [1.82, 2.24) is 0 Å². The molecule has 0 heterocycles. The number of hydrogen-bond acceptors (Lipinski definition) is 4. The standard InChI is InChI=1S/C16H30O4/c1-3-5-10-14-20-16(18)12-9-7-8-11-15(17)19-13-6-4-2/h3-14H2,1-2H3. The second-order valence-electron chi connectivity index (χ2n) is 5.06. The van der Waals surface area contributed by atoms with Gasteiger partial charge in [-0.05, 0) is 25.7 Å². The molecule has 0 aromatic carbocycles. The lowest BCUT2D eigenvalue weighted by atomic mass is 10.1. The van der Waals surface area contributed by atoms with Crippen molar-refractivity contribution < 1.29 is 19.1 Å². The smallest absolute Gasteiger partial charge is 0.305 e. The maximum atomic E-state index is 11.4. The van der Waals surface area contributed by atoms with Crippen molar-refractivity contribution in [3.63, 3.8) is 0 Å². The second-order valence-corrected chi connectivity index (χ2v) is 5.06. The highest BCUT2D eigenvalue weighted by Crippen LogP contribution is 2.06. The van der Waals surface area contributed by atoms with Gasteiger partial charge in [0.1, 0.15) is 0 Å². The van der Waals surface area contributed by atoms with Crippen molar-refractivity contribution in [1.29, 1.82) is 0 Å². The second kappa shape index (κ2) is 14.4. The summed E-state index contributed by atoms with van der Waals surface area (Å²) in [7, 11) is 0. The van der Waals surface area contributed by atoms with E-state index < -0.39 is 0 Å². The highest BCUT2D eigenvalue weighted by atomic mass is 16.5. The number of hydrogen-bond donors (Lipinski definition) is 0. The fourth-order valence-corrected chi connectivity index (χ4v) is 1.73. The number of carbonyl (C=O) groups excluding carboxylic acids is 2. The molecule has 4 nitrogen and oxygen atoms in total. The van der Waals surface area contributed by atoms with Gasteiger partial charge < -0.3 is 9.47 Å². The minimum Gasteiger partial charge on any atom is -0.466 e. The van der Waals surface area contributed by atoms with Gasteiger partial charge in [0.25, 0.3) is 0 Å². The molecule has 0 amide bonds. The van der Waals surface area contributed by atoms with Crippen LogP contribution in [0.15, 0.2) is 0 Å². The van der Waals surface area contributed by atoms with E-state index in [1.54, 1.807) is 0 Å². The van der Waals surface area contributed by atoms with Crippen LogP contribution in [0.2, 0.25) is 0 Å². The molecule has 0 aliphatic heterocycles. The minimum absolute atomic E-state index is 0.119. The van der Waals surface area contributed by atoms with Crippen LogP contribution in [0.5, 0.6) is 0 Å². The van der Waals surface area contributed by atoms with Gasteiger partial charge in [-0.2, -0.15) is 0 Å². The van der Waals surface area contributed by atoms with E-state index in [9.17, 15) is 9.59 Å². The first kappa shape index (κ1) is 18.9. The van der Waals surface area contributed by atoms with Gasteiger partial charge >= 0.3 is 11.9 Å². The van der Waals surface area contributed by atoms with Crippen molar-refractivity contribution >= 4 is 11.9 Å². The monoisotopic (exact) mass is 286 g/mol. The molecule has 0 N–H and O–H groups in total. The van der Waals surface area contributed by atoms with E-state index in [0.29, 0.717) is 26.1 Å². The lowest BCUT2D eigenvalue weighted by Gasteiger charge is -2.05. The van der Waals surface area contributed by atoms with Crippen molar-refractivity contribution in [3.05, 3.63) is 0 Å². The predicted molar refractivity (Wildman–Crippen MR) is 79.4 cm³/mol. The Morgan fingerprint density at radius 2 is 1.15 bits per heavy atom. The van der Waals surface area contributed by atoms with Crippen LogP contribution in [-0.2, 0) is 19.1 Å². The zero-order valence-corrected chi connectivity index (χ0v) is 13.1. The predicted octanol–water partition coefficient (Wildman–Crippen LogP) is 4.01. The molecule has 0 aromatic heterocycles. The third kappa shape index (κ3) is 13.4. The number of unbranched alkanes of at least 4 members (excludes halogenated alkanes) is 5. The van der Waals surface area contributed by atoms with E-state index in [1.165, 1.54) is 0 Å². The highest BCUT2D eigenvalue weighted by molar-refractivity contribution is 5.69. The number of ether oxygens (including phenoxy) is 2. The Morgan fingerprint density at radius 3 is 1.65 bits per heavy atom. The summed E-state index contributed by atoms with van der Waals surface area (Å²) in [4.78, 5) is 22.7. The number of esters is 2. The van der Waals surface area contributed by atoms with Crippen LogP contribution in [0.1, 0.15) is 78.1 Å². The molecule has 0 fully saturated rings. The van der Waals surface area contributed by atoms with Crippen LogP contribution in [0.3, 0.4) is 0 Å². The molecule has 0 saturated carbocycles. The molecular formula is C16H30O4. The first-order valence-electron chi connectivity index (χ1n) is 8.02. The largest absolute Gasteiger partial charge is 0.466 e. The van der Waals surface area contributed by atoms with Gasteiger partial charge in [-0.3, -0.25) is 9.59 Å². The fraction of sp³-hybridized carbons (Fsp3) is 0.875. The van der Waals surface area contributed by atoms with Crippen molar-refractivity contribution in [2.75, 3.05) is 13.2 Å². The topological polar surface area (TPSA) is 52.6 Å². The fourth-order valence-electron chi connectivity index (χ4n) is 1.73. The van der Waals surface area contributed by atoms with Crippen LogP contribution < -0.4 is 0 Å². The Hall–Kier alpha value is -1.06. The summed E-state index contributed by atoms with van der Waals surface area (Å²) >= 11 is 0. The molecule has 0 aromatic rings. The van der Waals surface area contributed by atoms with Crippen LogP contribution in [0.4, 0.5) is 0 Å². The first-order valence-corrected chi connectivity index (χ1v) is 8.02. The van der Waals surface area contributed by atoms with Crippen LogP contribution >= 0.6 is 0 Å². The number of rotatable bonds is 13. The SMILES string of the molecule is CCCCCOC(=O)CCCCCC(=O)OCCCC. The molecule has 0 atom stereocenters. The van der Waals surface area contributed by atoms with E-state index in [0.717, 1.165) is 51.4 Å². The first-order chi connectivity index (χ1) is 9.70. The van der Waals surface area contributed by atoms with Crippen LogP contribution in [0.25, 0.3) is 0 Å². The number of carbonyl (C=O) groups is 2. The Balaban J connectivity index is 3.30. The molecule has 0 bridgehead atoms. The lowest BCUT2D eigenvalue weighted by Crippen LogP contribution is -2.07. The molecule has 4 heteroatoms. The van der Waals surface area contributed by atoms with E-state index in [1.807, 2.05) is 0 Å². The molecule has 0 saturated heterocycles. The average molecular weight is 286 g/mol. The summed E-state index contributed by atoms with van der Waals surface area (Å²) in [6, 6.07) is 0. The zero-order valence-electron chi connectivity index (χ0n) is 13.1. The molecule has 118 valence electrons. The van der Waals surface area contributed by atoms with Gasteiger partial charge in [0.2, 0.25) is 0 Å². The molecule has 0 radical (unpaired) electrons. The Kier molecular flexibility index (Phi) is 13.6. The maximum Gasteiger partial charge on any atom is 0.305 e. The third-order valence-electron chi connectivity index (χ3n) is 3.03. The van der Waals surface area contributed by atoms with E-state index >= 15 is 0 Å². The normalized spacial score (nSPS) is 10.3. The van der Waals surface area contributed by atoms with Gasteiger partial charge in [0.15, 0.2) is 0 Å². The van der Waals surface area contributed by atoms with Crippen molar-refractivity contribution in [2.45, 2.75) is 78.1 Å². The van der Waals surface area contributed by atoms with Crippen molar-refractivity contribution in [2.24, 2.45) is 0 Å². The van der Waals surface area contributed by atoms with Gasteiger partial charge in [0.05, 0.1) is 13.2 Å². The maximum absolute atomic E-state index is 11.4. The Bertz CT molecular complexity index is 251. The summed E-state index contributed by atoms with van der Waals surface area (Å²) < 4.78 is 10.2. The molecular weight excluding hydrogens is 256 g/mol. The Labute approximate surface area is 123 Å². The summed E-state index contributed by atoms with van der Waals surface area (Å²) in [6.45, 7) is 5.25. The molecule has 20 heavy (non-hydrogen) atoms. The Morgan fingerprint density at radius 1 is 0.650 bits per heavy atom. The van der Waals surface area contributed by atoms with Crippen LogP contribution in [0, 0.1) is 0 Å². The van der Waals surface area contributed by atoms with Crippen molar-refractivity contribution in [3.8, 4) is 0 Å². The molecule has 0 rings (SSSR count). The van der Waals surface area contributed by atoms with Gasteiger partial charge in [0, 0.05) is 12.8 Å². The zero-order chi connectivity index (χ0) is 15.1. The molecule has 0 unspecified atom stereocenters. The van der Waals surface area contributed by atoms with Crippen LogP contribution in [-0.4, -0.2) is 25.2 Å².